The highest BCUT2D eigenvalue weighted by molar-refractivity contribution is 7.92. The molecule has 0 unspecified atom stereocenters. The predicted octanol–water partition coefficient (Wildman–Crippen LogP) is 1.76. The number of aromatic nitrogens is 2. The molecule has 6 nitrogen and oxygen atoms in total. The topological polar surface area (TPSA) is 90.0 Å². The minimum absolute atomic E-state index is 0.0216. The Bertz CT molecular complexity index is 724. The molecule has 19 heavy (non-hydrogen) atoms. The molecular weight excluding hydrogens is 288 g/mol. The fourth-order valence-corrected chi connectivity index (χ4v) is 3.29. The summed E-state index contributed by atoms with van der Waals surface area (Å²) in [7, 11) is -2.05. The second-order valence-corrected chi connectivity index (χ2v) is 6.16. The van der Waals surface area contributed by atoms with Crippen molar-refractivity contribution < 1.29 is 8.42 Å². The van der Waals surface area contributed by atoms with Gasteiger partial charge in [0.2, 0.25) is 0 Å². The summed E-state index contributed by atoms with van der Waals surface area (Å²) in [5, 5.41) is 4.14. The first-order chi connectivity index (χ1) is 8.79. The van der Waals surface area contributed by atoms with Crippen molar-refractivity contribution in [2.75, 3.05) is 10.5 Å². The first-order valence-electron chi connectivity index (χ1n) is 5.37. The van der Waals surface area contributed by atoms with Gasteiger partial charge in [-0.2, -0.15) is 5.10 Å². The van der Waals surface area contributed by atoms with E-state index in [1.807, 2.05) is 0 Å². The van der Waals surface area contributed by atoms with Gasteiger partial charge in [-0.15, -0.1) is 0 Å². The van der Waals surface area contributed by atoms with E-state index < -0.39 is 10.0 Å². The van der Waals surface area contributed by atoms with Gasteiger partial charge in [-0.3, -0.25) is 9.40 Å². The minimum atomic E-state index is -3.76. The molecule has 2 rings (SSSR count). The van der Waals surface area contributed by atoms with Crippen molar-refractivity contribution in [2.24, 2.45) is 7.05 Å². The van der Waals surface area contributed by atoms with Crippen LogP contribution in [0.4, 0.5) is 11.4 Å². The van der Waals surface area contributed by atoms with Crippen molar-refractivity contribution in [3.63, 3.8) is 0 Å². The Morgan fingerprint density at radius 3 is 2.63 bits per heavy atom. The monoisotopic (exact) mass is 300 g/mol. The maximum atomic E-state index is 12.2. The summed E-state index contributed by atoms with van der Waals surface area (Å²) in [6.07, 6.45) is 1.58. The largest absolute Gasteiger partial charge is 0.399 e. The lowest BCUT2D eigenvalue weighted by Gasteiger charge is -2.08. The number of hydrogen-bond donors (Lipinski definition) is 2. The molecule has 0 aliphatic rings. The SMILES string of the molecule is Cc1nn(C)cc1NS(=O)(=O)c1ccc(N)cc1Cl. The van der Waals surface area contributed by atoms with Gasteiger partial charge in [0.1, 0.15) is 4.90 Å². The maximum absolute atomic E-state index is 12.2. The molecule has 0 atom stereocenters. The highest BCUT2D eigenvalue weighted by atomic mass is 35.5. The number of nitrogen functional groups attached to an aromatic ring is 1. The molecule has 0 aliphatic carbocycles. The van der Waals surface area contributed by atoms with Gasteiger partial charge in [0.05, 0.1) is 16.4 Å². The van der Waals surface area contributed by atoms with Crippen LogP contribution in [0.3, 0.4) is 0 Å². The van der Waals surface area contributed by atoms with E-state index in [-0.39, 0.29) is 9.92 Å². The highest BCUT2D eigenvalue weighted by Gasteiger charge is 2.19. The fraction of sp³-hybridized carbons (Fsp3) is 0.182. The second-order valence-electron chi connectivity index (χ2n) is 4.10. The van der Waals surface area contributed by atoms with Gasteiger partial charge in [0, 0.05) is 18.9 Å². The van der Waals surface area contributed by atoms with E-state index in [1.165, 1.54) is 22.9 Å². The number of rotatable bonds is 3. The molecule has 0 spiro atoms. The van der Waals surface area contributed by atoms with Crippen LogP contribution in [0.25, 0.3) is 0 Å². The number of nitrogens with zero attached hydrogens (tertiary/aromatic N) is 2. The molecule has 3 N–H and O–H groups in total. The van der Waals surface area contributed by atoms with Gasteiger partial charge in [-0.05, 0) is 25.1 Å². The molecule has 102 valence electrons. The van der Waals surface area contributed by atoms with Crippen LogP contribution in [0.5, 0.6) is 0 Å². The quantitative estimate of drug-likeness (QED) is 0.845. The molecule has 0 radical (unpaired) electrons. The zero-order valence-corrected chi connectivity index (χ0v) is 12.0. The van der Waals surface area contributed by atoms with Crippen LogP contribution in [0.1, 0.15) is 5.69 Å². The van der Waals surface area contributed by atoms with E-state index in [1.54, 1.807) is 20.2 Å². The number of halogens is 1. The summed E-state index contributed by atoms with van der Waals surface area (Å²) in [5.41, 5.74) is 6.94. The lowest BCUT2D eigenvalue weighted by atomic mass is 10.3. The first-order valence-corrected chi connectivity index (χ1v) is 7.24. The molecule has 0 fully saturated rings. The first kappa shape index (κ1) is 13.7. The number of nitrogens with two attached hydrogens (primary N) is 1. The summed E-state index contributed by atoms with van der Waals surface area (Å²) in [5.74, 6) is 0. The van der Waals surface area contributed by atoms with Crippen LogP contribution in [-0.4, -0.2) is 18.2 Å². The third-order valence-electron chi connectivity index (χ3n) is 2.50. The summed E-state index contributed by atoms with van der Waals surface area (Å²) >= 11 is 5.91. The Kier molecular flexibility index (Phi) is 3.42. The van der Waals surface area contributed by atoms with Crippen molar-refractivity contribution in [3.8, 4) is 0 Å². The lowest BCUT2D eigenvalue weighted by Crippen LogP contribution is -2.13. The van der Waals surface area contributed by atoms with E-state index in [4.69, 9.17) is 17.3 Å². The third-order valence-corrected chi connectivity index (χ3v) is 4.35. The second kappa shape index (κ2) is 4.75. The minimum Gasteiger partial charge on any atom is -0.399 e. The number of sulfonamides is 1. The van der Waals surface area contributed by atoms with Crippen molar-refractivity contribution in [1.29, 1.82) is 0 Å². The molecule has 0 saturated heterocycles. The Hall–Kier alpha value is -1.73. The Balaban J connectivity index is 2.40. The Morgan fingerprint density at radius 2 is 2.11 bits per heavy atom. The molecule has 0 bridgehead atoms. The Morgan fingerprint density at radius 1 is 1.42 bits per heavy atom. The summed E-state index contributed by atoms with van der Waals surface area (Å²) < 4.78 is 28.4. The third kappa shape index (κ3) is 2.82. The zero-order valence-electron chi connectivity index (χ0n) is 10.4. The zero-order chi connectivity index (χ0) is 14.2. The standard InChI is InChI=1S/C11H13ClN4O2S/c1-7-10(6-16(2)14-7)15-19(17,18)11-4-3-8(13)5-9(11)12/h3-6,15H,13H2,1-2H3. The van der Waals surface area contributed by atoms with Gasteiger partial charge < -0.3 is 5.73 Å². The van der Waals surface area contributed by atoms with Crippen LogP contribution < -0.4 is 10.5 Å². The predicted molar refractivity (Wildman–Crippen MR) is 74.6 cm³/mol. The van der Waals surface area contributed by atoms with Crippen LogP contribution >= 0.6 is 11.6 Å². The normalized spacial score (nSPS) is 11.5. The van der Waals surface area contributed by atoms with Gasteiger partial charge in [0.25, 0.3) is 10.0 Å². The number of benzene rings is 1. The van der Waals surface area contributed by atoms with Gasteiger partial charge >= 0.3 is 0 Å². The van der Waals surface area contributed by atoms with Crippen LogP contribution in [-0.2, 0) is 17.1 Å². The lowest BCUT2D eigenvalue weighted by molar-refractivity contribution is 0.601. The molecular formula is C11H13ClN4O2S. The maximum Gasteiger partial charge on any atom is 0.263 e. The smallest absolute Gasteiger partial charge is 0.263 e. The average Bonchev–Trinajstić information content (AvgIpc) is 2.55. The van der Waals surface area contributed by atoms with Crippen molar-refractivity contribution in [1.82, 2.24) is 9.78 Å². The van der Waals surface area contributed by atoms with Crippen molar-refractivity contribution in [2.45, 2.75) is 11.8 Å². The van der Waals surface area contributed by atoms with Crippen LogP contribution in [0.2, 0.25) is 5.02 Å². The van der Waals surface area contributed by atoms with Gasteiger partial charge in [-0.25, -0.2) is 8.42 Å². The fourth-order valence-electron chi connectivity index (χ4n) is 1.63. The van der Waals surface area contributed by atoms with E-state index in [0.717, 1.165) is 0 Å². The van der Waals surface area contributed by atoms with Gasteiger partial charge in [0.15, 0.2) is 0 Å². The Labute approximate surface area is 116 Å². The van der Waals surface area contributed by atoms with Crippen LogP contribution in [0, 0.1) is 6.92 Å². The number of hydrogen-bond acceptors (Lipinski definition) is 4. The van der Waals surface area contributed by atoms with E-state index >= 15 is 0 Å². The molecule has 0 aliphatic heterocycles. The molecule has 1 aromatic heterocycles. The number of aryl methyl sites for hydroxylation is 2. The van der Waals surface area contributed by atoms with Crippen molar-refractivity contribution in [3.05, 3.63) is 35.1 Å². The molecule has 0 amide bonds. The summed E-state index contributed by atoms with van der Waals surface area (Å²) in [4.78, 5) is -0.0216. The van der Waals surface area contributed by atoms with Gasteiger partial charge in [-0.1, -0.05) is 11.6 Å². The number of anilines is 2. The van der Waals surface area contributed by atoms with E-state index in [0.29, 0.717) is 17.1 Å². The molecule has 8 heteroatoms. The molecule has 1 aromatic carbocycles. The summed E-state index contributed by atoms with van der Waals surface area (Å²) in [6.45, 7) is 1.71. The van der Waals surface area contributed by atoms with Crippen molar-refractivity contribution >= 4 is 33.0 Å². The summed E-state index contributed by atoms with van der Waals surface area (Å²) in [6, 6.07) is 4.24. The number of nitrogens with one attached hydrogen (secondary N) is 1. The van der Waals surface area contributed by atoms with E-state index in [2.05, 4.69) is 9.82 Å². The average molecular weight is 301 g/mol. The van der Waals surface area contributed by atoms with E-state index in [9.17, 15) is 8.42 Å². The molecule has 1 heterocycles. The highest BCUT2D eigenvalue weighted by Crippen LogP contribution is 2.26. The molecule has 2 aromatic rings. The molecule has 0 saturated carbocycles. The van der Waals surface area contributed by atoms with Crippen LogP contribution in [0.15, 0.2) is 29.3 Å².